The highest BCUT2D eigenvalue weighted by Gasteiger charge is 2.30. The van der Waals surface area contributed by atoms with Crippen LogP contribution in [0.15, 0.2) is 18.2 Å². The largest absolute Gasteiger partial charge is 0.270 e. The van der Waals surface area contributed by atoms with Gasteiger partial charge in [-0.05, 0) is 30.7 Å². The predicted octanol–water partition coefficient (Wildman–Crippen LogP) is 1.16. The molecule has 0 atom stereocenters. The fourth-order valence-electron chi connectivity index (χ4n) is 1.61. The van der Waals surface area contributed by atoms with Gasteiger partial charge in [-0.15, -0.1) is 0 Å². The molecule has 3 nitrogen and oxygen atoms in total. The molecule has 4 heteroatoms. The summed E-state index contributed by atoms with van der Waals surface area (Å²) in [7, 11) is -3.08. The number of benzene rings is 1. The molecule has 1 aromatic carbocycles. The van der Waals surface area contributed by atoms with Crippen LogP contribution in [0.4, 0.5) is 5.69 Å². The van der Waals surface area contributed by atoms with Crippen molar-refractivity contribution < 1.29 is 8.42 Å². The van der Waals surface area contributed by atoms with Gasteiger partial charge in [0, 0.05) is 6.54 Å². The number of anilines is 1. The van der Waals surface area contributed by atoms with Crippen molar-refractivity contribution in [1.82, 2.24) is 0 Å². The molecule has 0 fully saturated rings. The Balaban J connectivity index is 2.59. The fourth-order valence-corrected chi connectivity index (χ4v) is 3.26. The van der Waals surface area contributed by atoms with Crippen LogP contribution in [0, 0.1) is 6.07 Å². The Morgan fingerprint density at radius 2 is 2.38 bits per heavy atom. The summed E-state index contributed by atoms with van der Waals surface area (Å²) in [6.45, 7) is 2.34. The predicted molar refractivity (Wildman–Crippen MR) is 50.9 cm³/mol. The van der Waals surface area contributed by atoms with E-state index in [1.807, 2.05) is 6.92 Å². The third kappa shape index (κ3) is 1.21. The maximum Gasteiger partial charge on any atom is 0.239 e. The molecule has 1 aliphatic heterocycles. The molecule has 0 N–H and O–H groups in total. The second-order valence-electron chi connectivity index (χ2n) is 2.98. The molecule has 2 rings (SSSR count). The van der Waals surface area contributed by atoms with E-state index >= 15 is 0 Å². The first-order valence-electron chi connectivity index (χ1n) is 4.14. The minimum absolute atomic E-state index is 0.119. The van der Waals surface area contributed by atoms with Crippen molar-refractivity contribution in [2.24, 2.45) is 0 Å². The summed E-state index contributed by atoms with van der Waals surface area (Å²) >= 11 is 0. The Kier molecular flexibility index (Phi) is 1.80. The number of sulfonamides is 1. The Morgan fingerprint density at radius 1 is 1.62 bits per heavy atom. The van der Waals surface area contributed by atoms with Crippen LogP contribution in [0.2, 0.25) is 0 Å². The molecule has 0 saturated heterocycles. The van der Waals surface area contributed by atoms with Crippen LogP contribution in [0.5, 0.6) is 0 Å². The molecule has 0 aliphatic carbocycles. The molecule has 1 aliphatic rings. The Bertz CT molecular complexity index is 425. The molecule has 0 spiro atoms. The second-order valence-corrected chi connectivity index (χ2v) is 4.87. The summed E-state index contributed by atoms with van der Waals surface area (Å²) in [4.78, 5) is 0. The van der Waals surface area contributed by atoms with E-state index < -0.39 is 10.0 Å². The number of nitrogens with zero attached hydrogens (tertiary/aromatic N) is 1. The lowest BCUT2D eigenvalue weighted by Crippen LogP contribution is -2.25. The molecule has 0 aromatic heterocycles. The normalized spacial score (nSPS) is 18.7. The zero-order valence-electron chi connectivity index (χ0n) is 7.32. The van der Waals surface area contributed by atoms with E-state index in [0.29, 0.717) is 6.54 Å². The van der Waals surface area contributed by atoms with Crippen LogP contribution in [0.3, 0.4) is 0 Å². The van der Waals surface area contributed by atoms with E-state index in [2.05, 4.69) is 6.07 Å². The Labute approximate surface area is 78.0 Å². The molecular weight excluding hydrogens is 186 g/mol. The SMILES string of the molecule is CCN1c2cc[c]cc2CS1(=O)=O. The molecule has 1 aromatic rings. The first-order chi connectivity index (χ1) is 6.15. The second kappa shape index (κ2) is 2.73. The van der Waals surface area contributed by atoms with Crippen LogP contribution in [-0.4, -0.2) is 15.0 Å². The Hall–Kier alpha value is -1.03. The van der Waals surface area contributed by atoms with Gasteiger partial charge >= 0.3 is 0 Å². The minimum atomic E-state index is -3.08. The summed E-state index contributed by atoms with van der Waals surface area (Å²) < 4.78 is 24.6. The number of hydrogen-bond donors (Lipinski definition) is 0. The molecular formula is C9H10NO2S. The van der Waals surface area contributed by atoms with Gasteiger partial charge in [-0.25, -0.2) is 8.42 Å². The lowest BCUT2D eigenvalue weighted by Gasteiger charge is -2.14. The minimum Gasteiger partial charge on any atom is -0.270 e. The van der Waals surface area contributed by atoms with Crippen molar-refractivity contribution in [2.75, 3.05) is 10.8 Å². The average molecular weight is 196 g/mol. The van der Waals surface area contributed by atoms with Crippen LogP contribution < -0.4 is 4.31 Å². The van der Waals surface area contributed by atoms with Crippen LogP contribution in [0.25, 0.3) is 0 Å². The topological polar surface area (TPSA) is 37.4 Å². The summed E-state index contributed by atoms with van der Waals surface area (Å²) in [5, 5.41) is 0. The van der Waals surface area contributed by atoms with Crippen molar-refractivity contribution in [3.05, 3.63) is 29.8 Å². The first kappa shape index (κ1) is 8.56. The van der Waals surface area contributed by atoms with Gasteiger partial charge in [0.25, 0.3) is 0 Å². The first-order valence-corrected chi connectivity index (χ1v) is 5.75. The number of hydrogen-bond acceptors (Lipinski definition) is 2. The highest BCUT2D eigenvalue weighted by Crippen LogP contribution is 2.32. The van der Waals surface area contributed by atoms with Gasteiger partial charge in [0.1, 0.15) is 0 Å². The molecule has 0 unspecified atom stereocenters. The molecule has 1 radical (unpaired) electrons. The molecule has 0 bridgehead atoms. The van der Waals surface area contributed by atoms with Crippen molar-refractivity contribution in [3.8, 4) is 0 Å². The summed E-state index contributed by atoms with van der Waals surface area (Å²) in [6.07, 6.45) is 0. The van der Waals surface area contributed by atoms with Crippen molar-refractivity contribution in [2.45, 2.75) is 12.7 Å². The van der Waals surface area contributed by atoms with Gasteiger partial charge in [0.05, 0.1) is 11.4 Å². The van der Waals surface area contributed by atoms with E-state index in [1.54, 1.807) is 18.2 Å². The molecule has 69 valence electrons. The van der Waals surface area contributed by atoms with Gasteiger partial charge in [-0.3, -0.25) is 4.31 Å². The molecule has 0 saturated carbocycles. The van der Waals surface area contributed by atoms with E-state index in [0.717, 1.165) is 11.3 Å². The number of rotatable bonds is 1. The monoisotopic (exact) mass is 196 g/mol. The highest BCUT2D eigenvalue weighted by molar-refractivity contribution is 7.92. The Morgan fingerprint density at radius 3 is 3.08 bits per heavy atom. The quantitative estimate of drug-likeness (QED) is 0.675. The van der Waals surface area contributed by atoms with Gasteiger partial charge in [0.15, 0.2) is 0 Å². The third-order valence-corrected chi connectivity index (χ3v) is 3.96. The smallest absolute Gasteiger partial charge is 0.239 e. The van der Waals surface area contributed by atoms with E-state index in [4.69, 9.17) is 0 Å². The lowest BCUT2D eigenvalue weighted by molar-refractivity contribution is 0.594. The van der Waals surface area contributed by atoms with E-state index in [-0.39, 0.29) is 5.75 Å². The van der Waals surface area contributed by atoms with Crippen molar-refractivity contribution >= 4 is 15.7 Å². The zero-order valence-corrected chi connectivity index (χ0v) is 8.13. The molecule has 13 heavy (non-hydrogen) atoms. The summed E-state index contributed by atoms with van der Waals surface area (Å²) in [6, 6.07) is 8.16. The summed E-state index contributed by atoms with van der Waals surface area (Å²) in [5.41, 5.74) is 1.66. The van der Waals surface area contributed by atoms with Crippen LogP contribution >= 0.6 is 0 Å². The number of fused-ring (bicyclic) bond motifs is 1. The molecule has 0 amide bonds. The van der Waals surface area contributed by atoms with Crippen molar-refractivity contribution in [1.29, 1.82) is 0 Å². The van der Waals surface area contributed by atoms with Gasteiger partial charge in [-0.1, -0.05) is 6.07 Å². The third-order valence-electron chi connectivity index (χ3n) is 2.15. The van der Waals surface area contributed by atoms with Gasteiger partial charge in [-0.2, -0.15) is 0 Å². The van der Waals surface area contributed by atoms with Crippen LogP contribution in [-0.2, 0) is 15.8 Å². The van der Waals surface area contributed by atoms with Gasteiger partial charge in [0.2, 0.25) is 10.0 Å². The lowest BCUT2D eigenvalue weighted by atomic mass is 10.2. The zero-order chi connectivity index (χ0) is 9.47. The highest BCUT2D eigenvalue weighted by atomic mass is 32.2. The van der Waals surface area contributed by atoms with Crippen LogP contribution in [0.1, 0.15) is 12.5 Å². The van der Waals surface area contributed by atoms with E-state index in [9.17, 15) is 8.42 Å². The standard InChI is InChI=1S/C9H10NO2S/c1-2-10-9-6-4-3-5-8(9)7-13(10,11)12/h4-6H,2,7H2,1H3. The maximum absolute atomic E-state index is 11.6. The van der Waals surface area contributed by atoms with Crippen molar-refractivity contribution in [3.63, 3.8) is 0 Å². The summed E-state index contributed by atoms with van der Waals surface area (Å²) in [5.74, 6) is 0.119. The van der Waals surface area contributed by atoms with Gasteiger partial charge < -0.3 is 0 Å². The maximum atomic E-state index is 11.6. The fraction of sp³-hybridized carbons (Fsp3) is 0.333. The molecule has 1 heterocycles. The van der Waals surface area contributed by atoms with E-state index in [1.165, 1.54) is 4.31 Å². The average Bonchev–Trinajstić information content (AvgIpc) is 2.33.